The lowest BCUT2D eigenvalue weighted by Crippen LogP contribution is -2.18. The number of alkyl halides is 3. The van der Waals surface area contributed by atoms with Crippen molar-refractivity contribution in [3.05, 3.63) is 71.9 Å². The third-order valence-electron chi connectivity index (χ3n) is 5.20. The second kappa shape index (κ2) is 7.82. The zero-order chi connectivity index (χ0) is 21.3. The third-order valence-corrected chi connectivity index (χ3v) is 5.20. The monoisotopic (exact) mass is 411 g/mol. The van der Waals surface area contributed by atoms with Crippen LogP contribution in [-0.4, -0.2) is 24.5 Å². The number of aromatic nitrogens is 1. The number of hydrogen-bond acceptors (Lipinski definition) is 3. The molecule has 3 aromatic rings. The van der Waals surface area contributed by atoms with Gasteiger partial charge in [-0.15, -0.1) is 0 Å². The molecule has 0 bridgehead atoms. The van der Waals surface area contributed by atoms with E-state index in [4.69, 9.17) is 0 Å². The molecule has 0 saturated heterocycles. The average molecular weight is 411 g/mol. The fourth-order valence-electron chi connectivity index (χ4n) is 3.69. The molecule has 0 fully saturated rings. The summed E-state index contributed by atoms with van der Waals surface area (Å²) in [6, 6.07) is 12.9. The number of carbonyl (C=O) groups excluding carboxylic acids is 1. The lowest BCUT2D eigenvalue weighted by Gasteiger charge is -2.21. The molecule has 0 radical (unpaired) electrons. The van der Waals surface area contributed by atoms with Crippen LogP contribution in [0.1, 0.15) is 24.0 Å². The number of hydrogen-bond donors (Lipinski definition) is 1. The molecular formula is C23H20F3N3O. The normalized spacial score (nSPS) is 15.7. The molecule has 2 heterocycles. The molecule has 1 aromatic heterocycles. The van der Waals surface area contributed by atoms with E-state index in [1.165, 1.54) is 12.1 Å². The summed E-state index contributed by atoms with van der Waals surface area (Å²) >= 11 is 0. The molecule has 1 amide bonds. The van der Waals surface area contributed by atoms with E-state index in [2.05, 4.69) is 10.3 Å². The van der Waals surface area contributed by atoms with Crippen LogP contribution in [-0.2, 0) is 11.0 Å². The Hall–Kier alpha value is -3.35. The summed E-state index contributed by atoms with van der Waals surface area (Å²) in [4.78, 5) is 18.7. The number of benzene rings is 2. The Balaban J connectivity index is 1.63. The number of halogens is 3. The molecule has 154 valence electrons. The molecule has 4 rings (SSSR count). The van der Waals surface area contributed by atoms with Gasteiger partial charge in [0.05, 0.1) is 11.1 Å². The highest BCUT2D eigenvalue weighted by molar-refractivity contribution is 6.05. The van der Waals surface area contributed by atoms with Crippen molar-refractivity contribution in [1.29, 1.82) is 0 Å². The first-order valence-corrected chi connectivity index (χ1v) is 9.60. The zero-order valence-electron chi connectivity index (χ0n) is 16.3. The minimum Gasteiger partial charge on any atom is -0.374 e. The van der Waals surface area contributed by atoms with Gasteiger partial charge >= 0.3 is 6.18 Å². The number of allylic oxidation sites excluding steroid dienone is 1. The minimum absolute atomic E-state index is 0.323. The number of nitrogens with one attached hydrogen (secondary N) is 1. The number of pyridine rings is 1. The number of fused-ring (bicyclic) bond motifs is 2. The predicted octanol–water partition coefficient (Wildman–Crippen LogP) is 5.51. The first-order valence-electron chi connectivity index (χ1n) is 9.60. The third kappa shape index (κ3) is 4.15. The van der Waals surface area contributed by atoms with Crippen LogP contribution in [0.15, 0.2) is 60.8 Å². The van der Waals surface area contributed by atoms with Gasteiger partial charge in [0.15, 0.2) is 0 Å². The number of amides is 1. The van der Waals surface area contributed by atoms with Gasteiger partial charge < -0.3 is 10.2 Å². The number of nitrogens with zero attached hydrogens (tertiary/aromatic N) is 2. The van der Waals surface area contributed by atoms with E-state index in [1.807, 2.05) is 18.2 Å². The summed E-state index contributed by atoms with van der Waals surface area (Å²) in [5, 5.41) is 3.80. The van der Waals surface area contributed by atoms with Crippen molar-refractivity contribution < 1.29 is 18.0 Å². The predicted molar refractivity (Wildman–Crippen MR) is 112 cm³/mol. The molecule has 1 aliphatic rings. The second-order valence-corrected chi connectivity index (χ2v) is 7.32. The van der Waals surface area contributed by atoms with Crippen LogP contribution in [0.4, 0.5) is 24.5 Å². The molecule has 0 saturated carbocycles. The van der Waals surface area contributed by atoms with Crippen LogP contribution < -0.4 is 10.2 Å². The van der Waals surface area contributed by atoms with E-state index in [0.29, 0.717) is 29.9 Å². The van der Waals surface area contributed by atoms with E-state index >= 15 is 0 Å². The Bertz CT molecular complexity index is 1140. The smallest absolute Gasteiger partial charge is 0.374 e. The standard InChI is InChI=1S/C23H20F3N3O/c1-29-11-3-5-16(19-9-7-17(13-21(19)29)23(24,25)26)12-22(30)28-18-8-6-15-4-2-10-27-20(15)14-18/h2,4,6-10,12-14H,3,5,11H2,1H3,(H,28,30). The maximum absolute atomic E-state index is 13.1. The summed E-state index contributed by atoms with van der Waals surface area (Å²) in [5.74, 6) is -0.323. The van der Waals surface area contributed by atoms with Gasteiger partial charge in [-0.3, -0.25) is 9.78 Å². The first kappa shape index (κ1) is 19.9. The Kier molecular flexibility index (Phi) is 5.20. The summed E-state index contributed by atoms with van der Waals surface area (Å²) in [5.41, 5.74) is 2.54. The van der Waals surface area contributed by atoms with E-state index < -0.39 is 11.7 Å². The van der Waals surface area contributed by atoms with Gasteiger partial charge in [0, 0.05) is 48.2 Å². The minimum atomic E-state index is -4.41. The van der Waals surface area contributed by atoms with Crippen molar-refractivity contribution in [2.75, 3.05) is 23.8 Å². The Morgan fingerprint density at radius 1 is 1.17 bits per heavy atom. The highest BCUT2D eigenvalue weighted by atomic mass is 19.4. The van der Waals surface area contributed by atoms with Gasteiger partial charge in [-0.05, 0) is 48.7 Å². The van der Waals surface area contributed by atoms with Crippen molar-refractivity contribution >= 4 is 33.8 Å². The fourth-order valence-corrected chi connectivity index (χ4v) is 3.69. The van der Waals surface area contributed by atoms with Crippen molar-refractivity contribution in [2.45, 2.75) is 19.0 Å². The van der Waals surface area contributed by atoms with Crippen molar-refractivity contribution in [3.8, 4) is 0 Å². The first-order chi connectivity index (χ1) is 14.3. The molecule has 4 nitrogen and oxygen atoms in total. The Morgan fingerprint density at radius 3 is 2.80 bits per heavy atom. The molecule has 0 spiro atoms. The number of carbonyl (C=O) groups is 1. The van der Waals surface area contributed by atoms with E-state index in [9.17, 15) is 18.0 Å². The SMILES string of the molecule is CN1CCCC(=CC(=O)Nc2ccc3cccnc3c2)c2ccc(C(F)(F)F)cc21. The van der Waals surface area contributed by atoms with Gasteiger partial charge in [0.1, 0.15) is 0 Å². The van der Waals surface area contributed by atoms with Gasteiger partial charge in [-0.25, -0.2) is 0 Å². The van der Waals surface area contributed by atoms with Crippen molar-refractivity contribution in [3.63, 3.8) is 0 Å². The van der Waals surface area contributed by atoms with Crippen molar-refractivity contribution in [2.24, 2.45) is 0 Å². The number of rotatable bonds is 2. The van der Waals surface area contributed by atoms with Gasteiger partial charge in [0.2, 0.25) is 5.91 Å². The molecule has 2 aromatic carbocycles. The molecular weight excluding hydrogens is 391 g/mol. The van der Waals surface area contributed by atoms with Gasteiger partial charge in [-0.2, -0.15) is 13.2 Å². The summed E-state index contributed by atoms with van der Waals surface area (Å²) in [7, 11) is 1.77. The summed E-state index contributed by atoms with van der Waals surface area (Å²) in [6.45, 7) is 0.615. The largest absolute Gasteiger partial charge is 0.416 e. The quantitative estimate of drug-likeness (QED) is 0.566. The summed E-state index contributed by atoms with van der Waals surface area (Å²) < 4.78 is 39.4. The van der Waals surface area contributed by atoms with E-state index in [-0.39, 0.29) is 5.91 Å². The lowest BCUT2D eigenvalue weighted by molar-refractivity contribution is -0.137. The number of anilines is 2. The second-order valence-electron chi connectivity index (χ2n) is 7.32. The van der Waals surface area contributed by atoms with Crippen LogP contribution in [0.3, 0.4) is 0 Å². The average Bonchev–Trinajstić information content (AvgIpc) is 2.86. The maximum atomic E-state index is 13.1. The molecule has 0 atom stereocenters. The van der Waals surface area contributed by atoms with Crippen molar-refractivity contribution in [1.82, 2.24) is 4.98 Å². The maximum Gasteiger partial charge on any atom is 0.416 e. The fraction of sp³-hybridized carbons (Fsp3) is 0.217. The topological polar surface area (TPSA) is 45.2 Å². The lowest BCUT2D eigenvalue weighted by atomic mass is 9.98. The van der Waals surface area contributed by atoms with E-state index in [0.717, 1.165) is 35.0 Å². The highest BCUT2D eigenvalue weighted by Gasteiger charge is 2.32. The Labute approximate surface area is 172 Å². The summed E-state index contributed by atoms with van der Waals surface area (Å²) in [6.07, 6.45) is 0.104. The van der Waals surface area contributed by atoms with Crippen LogP contribution in [0.25, 0.3) is 16.5 Å². The zero-order valence-corrected chi connectivity index (χ0v) is 16.3. The van der Waals surface area contributed by atoms with E-state index in [1.54, 1.807) is 30.3 Å². The highest BCUT2D eigenvalue weighted by Crippen LogP contribution is 2.38. The van der Waals surface area contributed by atoms with Crippen LogP contribution in [0.5, 0.6) is 0 Å². The molecule has 1 aliphatic heterocycles. The molecule has 7 heteroatoms. The van der Waals surface area contributed by atoms with Gasteiger partial charge in [0.25, 0.3) is 0 Å². The molecule has 0 aliphatic carbocycles. The van der Waals surface area contributed by atoms with Crippen LogP contribution in [0.2, 0.25) is 0 Å². The van der Waals surface area contributed by atoms with Crippen LogP contribution in [0, 0.1) is 0 Å². The molecule has 0 unspecified atom stereocenters. The van der Waals surface area contributed by atoms with Crippen LogP contribution >= 0.6 is 0 Å². The molecule has 30 heavy (non-hydrogen) atoms. The Morgan fingerprint density at radius 2 is 2.00 bits per heavy atom. The molecule has 1 N–H and O–H groups in total. The van der Waals surface area contributed by atoms with Gasteiger partial charge in [-0.1, -0.05) is 18.2 Å².